The Morgan fingerprint density at radius 1 is 0.415 bits per heavy atom. The highest BCUT2D eigenvalue weighted by Crippen LogP contribution is 2.64. The number of benzene rings is 7. The number of nitrogens with zero attached hydrogens (tertiary/aromatic N) is 1. The Morgan fingerprint density at radius 3 is 1.68 bits per heavy atom. The van der Waals surface area contributed by atoms with Gasteiger partial charge < -0.3 is 4.90 Å². The lowest BCUT2D eigenvalue weighted by Crippen LogP contribution is -2.26. The Labute approximate surface area is 313 Å². The lowest BCUT2D eigenvalue weighted by Gasteiger charge is -2.34. The number of aryl methyl sites for hydroxylation is 4. The summed E-state index contributed by atoms with van der Waals surface area (Å²) in [5.74, 6) is 0. The number of rotatable bonds is 4. The minimum absolute atomic E-state index is 0.407. The van der Waals surface area contributed by atoms with E-state index in [-0.39, 0.29) is 0 Å². The van der Waals surface area contributed by atoms with Crippen LogP contribution in [-0.4, -0.2) is 0 Å². The molecule has 4 aliphatic carbocycles. The molecule has 1 spiro atoms. The van der Waals surface area contributed by atoms with Crippen LogP contribution in [0.1, 0.15) is 75.8 Å². The van der Waals surface area contributed by atoms with Gasteiger partial charge in [0.25, 0.3) is 0 Å². The van der Waals surface area contributed by atoms with Gasteiger partial charge >= 0.3 is 0 Å². The Morgan fingerprint density at radius 2 is 0.981 bits per heavy atom. The van der Waals surface area contributed by atoms with Crippen LogP contribution in [0.3, 0.4) is 0 Å². The molecule has 7 aromatic carbocycles. The molecule has 0 amide bonds. The quantitative estimate of drug-likeness (QED) is 0.179. The third kappa shape index (κ3) is 4.43. The summed E-state index contributed by atoms with van der Waals surface area (Å²) < 4.78 is 0. The van der Waals surface area contributed by atoms with Crippen molar-refractivity contribution < 1.29 is 0 Å². The summed E-state index contributed by atoms with van der Waals surface area (Å²) in [5, 5.41) is 0. The maximum absolute atomic E-state index is 2.62. The van der Waals surface area contributed by atoms with Gasteiger partial charge in [0.15, 0.2) is 0 Å². The van der Waals surface area contributed by atoms with Gasteiger partial charge in [0, 0.05) is 16.9 Å². The first-order chi connectivity index (χ1) is 26.2. The predicted molar refractivity (Wildman–Crippen MR) is 221 cm³/mol. The zero-order chi connectivity index (χ0) is 35.1. The molecule has 0 fully saturated rings. The molecular weight excluding hydrogens is 639 g/mol. The van der Waals surface area contributed by atoms with Crippen molar-refractivity contribution in [3.63, 3.8) is 0 Å². The summed E-state index contributed by atoms with van der Waals surface area (Å²) in [7, 11) is 0. The van der Waals surface area contributed by atoms with Crippen LogP contribution in [0.25, 0.3) is 33.4 Å². The van der Waals surface area contributed by atoms with Gasteiger partial charge in [-0.05, 0) is 173 Å². The largest absolute Gasteiger partial charge is 0.310 e. The Hall–Kier alpha value is -5.66. The van der Waals surface area contributed by atoms with E-state index in [1.54, 1.807) is 5.56 Å². The van der Waals surface area contributed by atoms with Gasteiger partial charge in [-0.1, -0.05) is 109 Å². The van der Waals surface area contributed by atoms with E-state index in [4.69, 9.17) is 0 Å². The van der Waals surface area contributed by atoms with Crippen molar-refractivity contribution in [3.8, 4) is 33.4 Å². The van der Waals surface area contributed by atoms with Gasteiger partial charge in [0.1, 0.15) is 0 Å². The van der Waals surface area contributed by atoms with Crippen molar-refractivity contribution in [2.75, 3.05) is 4.90 Å². The van der Waals surface area contributed by atoms with Crippen LogP contribution < -0.4 is 4.90 Å². The van der Waals surface area contributed by atoms with Crippen molar-refractivity contribution in [2.24, 2.45) is 0 Å². The fraction of sp³-hybridized carbons (Fsp3) is 0.192. The molecule has 0 aromatic heterocycles. The van der Waals surface area contributed by atoms with Crippen LogP contribution in [0, 0.1) is 6.92 Å². The van der Waals surface area contributed by atoms with Gasteiger partial charge in [-0.25, -0.2) is 0 Å². The van der Waals surface area contributed by atoms with E-state index in [1.165, 1.54) is 127 Å². The molecule has 0 saturated heterocycles. The zero-order valence-electron chi connectivity index (χ0n) is 30.5. The second-order valence-electron chi connectivity index (χ2n) is 15.7. The molecule has 11 rings (SSSR count). The molecule has 7 aromatic rings. The lowest BCUT2D eigenvalue weighted by molar-refractivity contribution is 0.685. The molecule has 1 nitrogen and oxygen atoms in total. The monoisotopic (exact) mass is 681 g/mol. The van der Waals surface area contributed by atoms with Crippen LogP contribution >= 0.6 is 0 Å². The molecule has 53 heavy (non-hydrogen) atoms. The average molecular weight is 682 g/mol. The van der Waals surface area contributed by atoms with E-state index in [0.717, 1.165) is 19.3 Å². The average Bonchev–Trinajstić information content (AvgIpc) is 3.68. The van der Waals surface area contributed by atoms with Crippen molar-refractivity contribution in [1.82, 2.24) is 0 Å². The lowest BCUT2D eigenvalue weighted by atomic mass is 9.70. The summed E-state index contributed by atoms with van der Waals surface area (Å²) in [6.45, 7) is 2.34. The minimum Gasteiger partial charge on any atom is -0.310 e. The van der Waals surface area contributed by atoms with Crippen molar-refractivity contribution in [2.45, 2.75) is 63.7 Å². The molecule has 0 N–H and O–H groups in total. The van der Waals surface area contributed by atoms with E-state index < -0.39 is 5.41 Å². The van der Waals surface area contributed by atoms with E-state index in [1.807, 2.05) is 0 Å². The first-order valence-corrected chi connectivity index (χ1v) is 19.8. The molecule has 0 atom stereocenters. The SMILES string of the molecule is Cc1ccc2c(c1-c1cc3c(cc1N(c1ccccc1)c1ccc4c(c1)CCCC4)C1(c4ccccc4-c4ccccc41)c1ccccc1-3)CCCC2. The second-order valence-corrected chi connectivity index (χ2v) is 15.7. The van der Waals surface area contributed by atoms with E-state index in [9.17, 15) is 0 Å². The number of hydrogen-bond donors (Lipinski definition) is 0. The summed E-state index contributed by atoms with van der Waals surface area (Å²) in [6, 6.07) is 56.1. The summed E-state index contributed by atoms with van der Waals surface area (Å²) in [5.41, 5.74) is 24.5. The molecule has 256 valence electrons. The Bertz CT molecular complexity index is 2540. The zero-order valence-corrected chi connectivity index (χ0v) is 30.5. The van der Waals surface area contributed by atoms with Crippen LogP contribution in [0.2, 0.25) is 0 Å². The van der Waals surface area contributed by atoms with Gasteiger partial charge in [-0.15, -0.1) is 0 Å². The molecule has 0 unspecified atom stereocenters. The Balaban J connectivity index is 1.29. The Kier molecular flexibility index (Phi) is 6.96. The van der Waals surface area contributed by atoms with Gasteiger partial charge in [-0.3, -0.25) is 0 Å². The van der Waals surface area contributed by atoms with Crippen molar-refractivity contribution in [1.29, 1.82) is 0 Å². The third-order valence-electron chi connectivity index (χ3n) is 13.0. The van der Waals surface area contributed by atoms with Crippen molar-refractivity contribution >= 4 is 17.1 Å². The number of anilines is 3. The van der Waals surface area contributed by atoms with Crippen LogP contribution in [-0.2, 0) is 31.1 Å². The fourth-order valence-electron chi connectivity index (χ4n) is 10.7. The van der Waals surface area contributed by atoms with Crippen molar-refractivity contribution in [3.05, 3.63) is 196 Å². The summed E-state index contributed by atoms with van der Waals surface area (Å²) in [4.78, 5) is 2.59. The fourth-order valence-corrected chi connectivity index (χ4v) is 10.7. The van der Waals surface area contributed by atoms with Crippen LogP contribution in [0.15, 0.2) is 146 Å². The highest BCUT2D eigenvalue weighted by atomic mass is 15.1. The van der Waals surface area contributed by atoms with E-state index in [2.05, 4.69) is 157 Å². The molecule has 0 radical (unpaired) electrons. The summed E-state index contributed by atoms with van der Waals surface area (Å²) >= 11 is 0. The normalized spacial score (nSPS) is 15.6. The first-order valence-electron chi connectivity index (χ1n) is 19.8. The molecule has 4 aliphatic rings. The summed E-state index contributed by atoms with van der Waals surface area (Å²) in [6.07, 6.45) is 9.70. The standard InChI is InChI=1S/C52H43N/c1-34-27-28-36-16-7-8-20-40(36)51(34)45-32-44-43-23-11-14-26-48(43)52(46-24-12-9-21-41(46)42-22-10-13-25-47(42)52)49(44)33-50(45)53(38-18-3-2-4-19-38)39-30-29-35-15-5-6-17-37(35)31-39/h2-4,9-14,18-19,21-33H,5-8,15-17,20H2,1H3. The third-order valence-corrected chi connectivity index (χ3v) is 13.0. The molecule has 0 heterocycles. The number of para-hydroxylation sites is 1. The number of hydrogen-bond acceptors (Lipinski definition) is 1. The maximum Gasteiger partial charge on any atom is 0.0726 e. The molecular formula is C52H43N. The van der Waals surface area contributed by atoms with Gasteiger partial charge in [-0.2, -0.15) is 0 Å². The molecule has 0 saturated carbocycles. The molecule has 0 aliphatic heterocycles. The van der Waals surface area contributed by atoms with E-state index in [0.29, 0.717) is 0 Å². The highest BCUT2D eigenvalue weighted by Gasteiger charge is 2.52. The predicted octanol–water partition coefficient (Wildman–Crippen LogP) is 13.2. The molecule has 1 heteroatoms. The second kappa shape index (κ2) is 11.9. The van der Waals surface area contributed by atoms with E-state index >= 15 is 0 Å². The molecule has 0 bridgehead atoms. The minimum atomic E-state index is -0.407. The van der Waals surface area contributed by atoms with Crippen LogP contribution in [0.5, 0.6) is 0 Å². The van der Waals surface area contributed by atoms with Gasteiger partial charge in [0.05, 0.1) is 11.1 Å². The first kappa shape index (κ1) is 30.9. The van der Waals surface area contributed by atoms with Crippen LogP contribution in [0.4, 0.5) is 17.1 Å². The number of fused-ring (bicyclic) bond motifs is 12. The topological polar surface area (TPSA) is 3.24 Å². The maximum atomic E-state index is 2.62. The smallest absolute Gasteiger partial charge is 0.0726 e. The highest BCUT2D eigenvalue weighted by molar-refractivity contribution is 6.00. The van der Waals surface area contributed by atoms with Gasteiger partial charge in [0.2, 0.25) is 0 Å².